The molecule has 0 aliphatic rings. The number of carbonyl (C=O) groups is 1. The van der Waals surface area contributed by atoms with E-state index >= 15 is 0 Å². The van der Waals surface area contributed by atoms with E-state index in [0.29, 0.717) is 24.9 Å². The number of aryl methyl sites for hydroxylation is 1. The minimum absolute atomic E-state index is 0. The van der Waals surface area contributed by atoms with Gasteiger partial charge in [0.05, 0.1) is 6.54 Å². The van der Waals surface area contributed by atoms with Crippen molar-refractivity contribution in [2.24, 2.45) is 4.99 Å². The van der Waals surface area contributed by atoms with Crippen molar-refractivity contribution in [1.82, 2.24) is 10.6 Å². The Labute approximate surface area is 196 Å². The summed E-state index contributed by atoms with van der Waals surface area (Å²) in [5.74, 6) is 1.40. The van der Waals surface area contributed by atoms with E-state index in [1.54, 1.807) is 6.07 Å². The van der Waals surface area contributed by atoms with Crippen LogP contribution in [0.5, 0.6) is 5.75 Å². The van der Waals surface area contributed by atoms with Gasteiger partial charge in [0.2, 0.25) is 5.91 Å². The molecule has 6 nitrogen and oxygen atoms in total. The van der Waals surface area contributed by atoms with Crippen molar-refractivity contribution < 1.29 is 9.53 Å². The zero-order chi connectivity index (χ0) is 20.9. The van der Waals surface area contributed by atoms with E-state index in [1.165, 1.54) is 12.5 Å². The lowest BCUT2D eigenvalue weighted by molar-refractivity contribution is -0.114. The van der Waals surface area contributed by atoms with Gasteiger partial charge < -0.3 is 20.7 Å². The lowest BCUT2D eigenvalue weighted by Crippen LogP contribution is -2.42. The van der Waals surface area contributed by atoms with Crippen molar-refractivity contribution in [3.8, 4) is 5.75 Å². The molecule has 2 rings (SSSR count). The summed E-state index contributed by atoms with van der Waals surface area (Å²) in [5, 5.41) is 9.48. The van der Waals surface area contributed by atoms with Gasteiger partial charge in [-0.25, -0.2) is 4.99 Å². The molecule has 0 bridgehead atoms. The second kappa shape index (κ2) is 14.7. The molecule has 2 aromatic rings. The Morgan fingerprint density at radius 2 is 1.90 bits per heavy atom. The predicted molar refractivity (Wildman–Crippen MR) is 135 cm³/mol. The topological polar surface area (TPSA) is 74.8 Å². The summed E-state index contributed by atoms with van der Waals surface area (Å²) >= 11 is 0. The number of halogens is 1. The molecule has 0 aliphatic heterocycles. The summed E-state index contributed by atoms with van der Waals surface area (Å²) in [5.41, 5.74) is 2.07. The molecule has 0 heterocycles. The van der Waals surface area contributed by atoms with Crippen LogP contribution in [0.1, 0.15) is 32.8 Å². The Morgan fingerprint density at radius 1 is 1.13 bits per heavy atom. The summed E-state index contributed by atoms with van der Waals surface area (Å²) in [7, 11) is 0. The molecule has 0 radical (unpaired) electrons. The Balaban J connectivity index is 0.00000450. The van der Waals surface area contributed by atoms with Crippen molar-refractivity contribution in [2.45, 2.75) is 39.7 Å². The number of benzene rings is 2. The Kier molecular flexibility index (Phi) is 12.6. The molecule has 0 fully saturated rings. The Morgan fingerprint density at radius 3 is 2.60 bits per heavy atom. The average Bonchev–Trinajstić information content (AvgIpc) is 2.70. The van der Waals surface area contributed by atoms with Gasteiger partial charge in [0.25, 0.3) is 0 Å². The molecule has 0 saturated carbocycles. The maximum absolute atomic E-state index is 11.2. The molecule has 0 aromatic heterocycles. The number of hydrogen-bond acceptors (Lipinski definition) is 3. The molecule has 0 aliphatic carbocycles. The summed E-state index contributed by atoms with van der Waals surface area (Å²) in [6.07, 6.45) is 2.06. The number of nitrogens with zero attached hydrogens (tertiary/aromatic N) is 1. The van der Waals surface area contributed by atoms with Crippen LogP contribution >= 0.6 is 24.0 Å². The molecule has 30 heavy (non-hydrogen) atoms. The van der Waals surface area contributed by atoms with Crippen LogP contribution in [0.2, 0.25) is 0 Å². The van der Waals surface area contributed by atoms with Crippen LogP contribution < -0.4 is 20.7 Å². The van der Waals surface area contributed by atoms with Crippen molar-refractivity contribution in [2.75, 3.05) is 25.0 Å². The molecule has 2 aromatic carbocycles. The standard InChI is InChI=1S/C23H32N4O2.HI/c1-4-24-23(26-18(2)13-14-20-9-6-5-7-10-20)25-15-16-29-22-12-8-11-21(17-22)27-19(3)28;/h5-12,17-18H,4,13-16H2,1-3H3,(H,27,28)(H2,24,25,26);1H. The third-order valence-electron chi connectivity index (χ3n) is 4.22. The molecule has 7 heteroatoms. The van der Waals surface area contributed by atoms with Gasteiger partial charge in [0, 0.05) is 31.3 Å². The highest BCUT2D eigenvalue weighted by Crippen LogP contribution is 2.17. The van der Waals surface area contributed by atoms with Crippen LogP contribution in [-0.4, -0.2) is 37.6 Å². The highest BCUT2D eigenvalue weighted by molar-refractivity contribution is 14.0. The lowest BCUT2D eigenvalue weighted by atomic mass is 10.1. The molecule has 3 N–H and O–H groups in total. The fourth-order valence-electron chi connectivity index (χ4n) is 2.84. The minimum Gasteiger partial charge on any atom is -0.492 e. The zero-order valence-electron chi connectivity index (χ0n) is 18.0. The maximum Gasteiger partial charge on any atom is 0.221 e. The first-order valence-electron chi connectivity index (χ1n) is 10.2. The summed E-state index contributed by atoms with van der Waals surface area (Å²) in [6.45, 7) is 7.49. The van der Waals surface area contributed by atoms with E-state index in [2.05, 4.69) is 59.1 Å². The monoisotopic (exact) mass is 524 g/mol. The van der Waals surface area contributed by atoms with E-state index in [0.717, 1.165) is 31.0 Å². The number of anilines is 1. The van der Waals surface area contributed by atoms with Crippen molar-refractivity contribution in [1.29, 1.82) is 0 Å². The predicted octanol–water partition coefficient (Wildman–Crippen LogP) is 4.22. The number of amides is 1. The normalized spacial score (nSPS) is 11.8. The van der Waals surface area contributed by atoms with Gasteiger partial charge in [-0.05, 0) is 44.4 Å². The van der Waals surface area contributed by atoms with Crippen LogP contribution in [0, 0.1) is 0 Å². The number of guanidine groups is 1. The second-order valence-electron chi connectivity index (χ2n) is 6.89. The van der Waals surface area contributed by atoms with E-state index in [-0.39, 0.29) is 29.9 Å². The lowest BCUT2D eigenvalue weighted by Gasteiger charge is -2.18. The summed E-state index contributed by atoms with van der Waals surface area (Å²) < 4.78 is 5.75. The van der Waals surface area contributed by atoms with Crippen LogP contribution in [0.3, 0.4) is 0 Å². The summed E-state index contributed by atoms with van der Waals surface area (Å²) in [6, 6.07) is 18.2. The minimum atomic E-state index is -0.102. The number of nitrogens with one attached hydrogen (secondary N) is 3. The van der Waals surface area contributed by atoms with Gasteiger partial charge in [0.1, 0.15) is 12.4 Å². The molecule has 0 spiro atoms. The van der Waals surface area contributed by atoms with Crippen LogP contribution in [0.15, 0.2) is 59.6 Å². The van der Waals surface area contributed by atoms with E-state index < -0.39 is 0 Å². The van der Waals surface area contributed by atoms with Gasteiger partial charge in [0.15, 0.2) is 5.96 Å². The quantitative estimate of drug-likeness (QED) is 0.188. The highest BCUT2D eigenvalue weighted by Gasteiger charge is 2.06. The van der Waals surface area contributed by atoms with E-state index in [4.69, 9.17) is 4.74 Å². The highest BCUT2D eigenvalue weighted by atomic mass is 127. The first-order valence-corrected chi connectivity index (χ1v) is 10.2. The zero-order valence-corrected chi connectivity index (χ0v) is 20.3. The van der Waals surface area contributed by atoms with Crippen LogP contribution in [-0.2, 0) is 11.2 Å². The fraction of sp³-hybridized carbons (Fsp3) is 0.391. The average molecular weight is 524 g/mol. The van der Waals surface area contributed by atoms with Gasteiger partial charge in [-0.1, -0.05) is 36.4 Å². The van der Waals surface area contributed by atoms with Gasteiger partial charge >= 0.3 is 0 Å². The van der Waals surface area contributed by atoms with Crippen LogP contribution in [0.25, 0.3) is 0 Å². The third-order valence-corrected chi connectivity index (χ3v) is 4.22. The van der Waals surface area contributed by atoms with Gasteiger partial charge in [-0.3, -0.25) is 4.79 Å². The maximum atomic E-state index is 11.2. The summed E-state index contributed by atoms with van der Waals surface area (Å²) in [4.78, 5) is 15.7. The van der Waals surface area contributed by atoms with Gasteiger partial charge in [-0.2, -0.15) is 0 Å². The number of aliphatic imine (C=N–C) groups is 1. The molecule has 1 atom stereocenters. The van der Waals surface area contributed by atoms with Crippen LogP contribution in [0.4, 0.5) is 5.69 Å². The number of rotatable bonds is 10. The smallest absolute Gasteiger partial charge is 0.221 e. The number of hydrogen-bond donors (Lipinski definition) is 3. The first-order chi connectivity index (χ1) is 14.1. The fourth-order valence-corrected chi connectivity index (χ4v) is 2.84. The first kappa shape index (κ1) is 25.7. The molecule has 0 saturated heterocycles. The Bertz CT molecular complexity index is 784. The largest absolute Gasteiger partial charge is 0.492 e. The van der Waals surface area contributed by atoms with Crippen molar-refractivity contribution >= 4 is 41.5 Å². The van der Waals surface area contributed by atoms with E-state index in [1.807, 2.05) is 24.3 Å². The van der Waals surface area contributed by atoms with Crippen molar-refractivity contribution in [3.63, 3.8) is 0 Å². The molecular weight excluding hydrogens is 491 g/mol. The third kappa shape index (κ3) is 10.5. The molecule has 1 amide bonds. The van der Waals surface area contributed by atoms with E-state index in [9.17, 15) is 4.79 Å². The van der Waals surface area contributed by atoms with Crippen molar-refractivity contribution in [3.05, 3.63) is 60.2 Å². The molecular formula is C23H33IN4O2. The van der Waals surface area contributed by atoms with Gasteiger partial charge in [-0.15, -0.1) is 24.0 Å². The number of ether oxygens (including phenoxy) is 1. The SMILES string of the molecule is CCNC(=NCCOc1cccc(NC(C)=O)c1)NC(C)CCc1ccccc1.I. The number of carbonyl (C=O) groups excluding carboxylic acids is 1. The molecule has 1 unspecified atom stereocenters. The molecule has 164 valence electrons. The Hall–Kier alpha value is -2.29. The second-order valence-corrected chi connectivity index (χ2v) is 6.89.